The molecule has 0 aliphatic heterocycles. The van der Waals surface area contributed by atoms with Gasteiger partial charge in [0.1, 0.15) is 0 Å². The van der Waals surface area contributed by atoms with Gasteiger partial charge in [0.15, 0.2) is 0 Å². The van der Waals surface area contributed by atoms with Crippen LogP contribution in [0.1, 0.15) is 17.3 Å². The van der Waals surface area contributed by atoms with Crippen LogP contribution in [0.2, 0.25) is 0 Å². The van der Waals surface area contributed by atoms with Crippen LogP contribution in [0.25, 0.3) is 10.9 Å². The van der Waals surface area contributed by atoms with Gasteiger partial charge in [-0.1, -0.05) is 24.3 Å². The van der Waals surface area contributed by atoms with Crippen molar-refractivity contribution in [3.8, 4) is 0 Å². The number of para-hydroxylation sites is 1. The van der Waals surface area contributed by atoms with Crippen molar-refractivity contribution in [2.45, 2.75) is 13.5 Å². The Bertz CT molecular complexity index is 673. The largest absolute Gasteiger partial charge is 0.355 e. The SMILES string of the molecule is C=CCn1cc(C(=O)NCCNC(C)=O)c2ccccc21. The topological polar surface area (TPSA) is 63.1 Å². The number of rotatable bonds is 6. The summed E-state index contributed by atoms with van der Waals surface area (Å²) in [7, 11) is 0. The van der Waals surface area contributed by atoms with Crippen molar-refractivity contribution in [1.82, 2.24) is 15.2 Å². The molecule has 0 radical (unpaired) electrons. The van der Waals surface area contributed by atoms with E-state index in [-0.39, 0.29) is 11.8 Å². The van der Waals surface area contributed by atoms with Gasteiger partial charge in [-0.25, -0.2) is 0 Å². The third kappa shape index (κ3) is 3.51. The molecule has 2 N–H and O–H groups in total. The molecule has 5 heteroatoms. The average Bonchev–Trinajstić information content (AvgIpc) is 2.83. The Morgan fingerprint density at radius 1 is 1.24 bits per heavy atom. The third-order valence-electron chi connectivity index (χ3n) is 3.14. The first-order chi connectivity index (χ1) is 10.1. The predicted octanol–water partition coefficient (Wildman–Crippen LogP) is 1.69. The number of carbonyl (C=O) groups excluding carboxylic acids is 2. The summed E-state index contributed by atoms with van der Waals surface area (Å²) in [5.41, 5.74) is 1.64. The first kappa shape index (κ1) is 14.8. The van der Waals surface area contributed by atoms with Crippen molar-refractivity contribution in [2.24, 2.45) is 0 Å². The van der Waals surface area contributed by atoms with E-state index in [0.717, 1.165) is 10.9 Å². The van der Waals surface area contributed by atoms with E-state index in [1.165, 1.54) is 6.92 Å². The average molecular weight is 285 g/mol. The van der Waals surface area contributed by atoms with Gasteiger partial charge in [-0.3, -0.25) is 9.59 Å². The molecule has 0 aliphatic rings. The number of amides is 2. The fraction of sp³-hybridized carbons (Fsp3) is 0.250. The van der Waals surface area contributed by atoms with Gasteiger partial charge in [0.05, 0.1) is 5.56 Å². The quantitative estimate of drug-likeness (QED) is 0.626. The molecule has 1 aromatic carbocycles. The van der Waals surface area contributed by atoms with E-state index in [0.29, 0.717) is 25.2 Å². The smallest absolute Gasteiger partial charge is 0.253 e. The summed E-state index contributed by atoms with van der Waals surface area (Å²) in [6.07, 6.45) is 3.63. The maximum absolute atomic E-state index is 12.3. The number of nitrogens with zero attached hydrogens (tertiary/aromatic N) is 1. The lowest BCUT2D eigenvalue weighted by molar-refractivity contribution is -0.118. The van der Waals surface area contributed by atoms with E-state index in [1.807, 2.05) is 35.0 Å². The summed E-state index contributed by atoms with van der Waals surface area (Å²) in [6.45, 7) is 6.66. The van der Waals surface area contributed by atoms with E-state index in [4.69, 9.17) is 0 Å². The van der Waals surface area contributed by atoms with Crippen molar-refractivity contribution in [1.29, 1.82) is 0 Å². The second-order valence-electron chi connectivity index (χ2n) is 4.74. The number of hydrogen-bond donors (Lipinski definition) is 2. The minimum absolute atomic E-state index is 0.105. The highest BCUT2D eigenvalue weighted by atomic mass is 16.2. The maximum atomic E-state index is 12.3. The van der Waals surface area contributed by atoms with Gasteiger partial charge in [-0.15, -0.1) is 6.58 Å². The minimum atomic E-state index is -0.139. The standard InChI is InChI=1S/C16H19N3O2/c1-3-10-19-11-14(13-6-4-5-7-15(13)19)16(21)18-9-8-17-12(2)20/h3-7,11H,1,8-10H2,2H3,(H,17,20)(H,18,21). The lowest BCUT2D eigenvalue weighted by Crippen LogP contribution is -2.33. The van der Waals surface area contributed by atoms with E-state index < -0.39 is 0 Å². The Labute approximate surface area is 123 Å². The van der Waals surface area contributed by atoms with Crippen LogP contribution < -0.4 is 10.6 Å². The summed E-state index contributed by atoms with van der Waals surface area (Å²) in [6, 6.07) is 7.76. The van der Waals surface area contributed by atoms with Crippen LogP contribution in [0.5, 0.6) is 0 Å². The molecule has 2 amide bonds. The third-order valence-corrected chi connectivity index (χ3v) is 3.14. The zero-order valence-corrected chi connectivity index (χ0v) is 12.1. The molecule has 1 heterocycles. The summed E-state index contributed by atoms with van der Waals surface area (Å²) < 4.78 is 1.99. The van der Waals surface area contributed by atoms with Gasteiger partial charge in [0.25, 0.3) is 5.91 Å². The molecule has 0 unspecified atom stereocenters. The van der Waals surface area contributed by atoms with E-state index in [9.17, 15) is 9.59 Å². The first-order valence-electron chi connectivity index (χ1n) is 6.85. The molecule has 21 heavy (non-hydrogen) atoms. The number of fused-ring (bicyclic) bond motifs is 1. The van der Waals surface area contributed by atoms with Gasteiger partial charge >= 0.3 is 0 Å². The van der Waals surface area contributed by atoms with Gasteiger partial charge in [-0.2, -0.15) is 0 Å². The molecule has 0 spiro atoms. The zero-order valence-electron chi connectivity index (χ0n) is 12.1. The lowest BCUT2D eigenvalue weighted by atomic mass is 10.1. The Morgan fingerprint density at radius 2 is 1.95 bits per heavy atom. The van der Waals surface area contributed by atoms with Crippen LogP contribution in [-0.2, 0) is 11.3 Å². The molecule has 0 atom stereocenters. The number of hydrogen-bond acceptors (Lipinski definition) is 2. The lowest BCUT2D eigenvalue weighted by Gasteiger charge is -2.04. The number of benzene rings is 1. The van der Waals surface area contributed by atoms with Crippen LogP contribution in [0.4, 0.5) is 0 Å². The highest BCUT2D eigenvalue weighted by Crippen LogP contribution is 2.21. The first-order valence-corrected chi connectivity index (χ1v) is 6.85. The van der Waals surface area contributed by atoms with E-state index in [1.54, 1.807) is 6.08 Å². The molecule has 0 bridgehead atoms. The molecule has 0 fully saturated rings. The maximum Gasteiger partial charge on any atom is 0.253 e. The second-order valence-corrected chi connectivity index (χ2v) is 4.74. The van der Waals surface area contributed by atoms with Crippen LogP contribution in [-0.4, -0.2) is 29.5 Å². The highest BCUT2D eigenvalue weighted by Gasteiger charge is 2.13. The number of aromatic nitrogens is 1. The number of carbonyl (C=O) groups is 2. The van der Waals surface area contributed by atoms with Crippen molar-refractivity contribution in [3.63, 3.8) is 0 Å². The molecule has 2 rings (SSSR count). The van der Waals surface area contributed by atoms with Crippen LogP contribution in [0.15, 0.2) is 43.1 Å². The summed E-state index contributed by atoms with van der Waals surface area (Å²) >= 11 is 0. The molecular weight excluding hydrogens is 266 g/mol. The highest BCUT2D eigenvalue weighted by molar-refractivity contribution is 6.07. The Kier molecular flexibility index (Phi) is 4.77. The van der Waals surface area contributed by atoms with E-state index >= 15 is 0 Å². The molecule has 2 aromatic rings. The van der Waals surface area contributed by atoms with Crippen LogP contribution in [0, 0.1) is 0 Å². The van der Waals surface area contributed by atoms with Crippen molar-refractivity contribution >= 4 is 22.7 Å². The van der Waals surface area contributed by atoms with Crippen molar-refractivity contribution in [2.75, 3.05) is 13.1 Å². The number of allylic oxidation sites excluding steroid dienone is 1. The van der Waals surface area contributed by atoms with Crippen LogP contribution >= 0.6 is 0 Å². The van der Waals surface area contributed by atoms with Gasteiger partial charge < -0.3 is 15.2 Å². The fourth-order valence-corrected chi connectivity index (χ4v) is 2.23. The molecular formula is C16H19N3O2. The van der Waals surface area contributed by atoms with E-state index in [2.05, 4.69) is 17.2 Å². The predicted molar refractivity (Wildman–Crippen MR) is 83.2 cm³/mol. The summed E-state index contributed by atoms with van der Waals surface area (Å²) in [5.74, 6) is -0.244. The fourth-order valence-electron chi connectivity index (χ4n) is 2.23. The van der Waals surface area contributed by atoms with Gasteiger partial charge in [0.2, 0.25) is 5.91 Å². The number of nitrogens with one attached hydrogen (secondary N) is 2. The Balaban J connectivity index is 2.15. The second kappa shape index (κ2) is 6.74. The Hall–Kier alpha value is -2.56. The Morgan fingerprint density at radius 3 is 2.67 bits per heavy atom. The molecule has 110 valence electrons. The summed E-state index contributed by atoms with van der Waals surface area (Å²) in [4.78, 5) is 23.0. The molecule has 0 saturated heterocycles. The van der Waals surface area contributed by atoms with Crippen molar-refractivity contribution in [3.05, 3.63) is 48.7 Å². The molecule has 0 aliphatic carbocycles. The molecule has 0 saturated carbocycles. The normalized spacial score (nSPS) is 10.3. The minimum Gasteiger partial charge on any atom is -0.355 e. The van der Waals surface area contributed by atoms with Gasteiger partial charge in [-0.05, 0) is 6.07 Å². The summed E-state index contributed by atoms with van der Waals surface area (Å²) in [5, 5.41) is 6.37. The van der Waals surface area contributed by atoms with Gasteiger partial charge in [0, 0.05) is 43.7 Å². The molecule has 1 aromatic heterocycles. The van der Waals surface area contributed by atoms with Crippen LogP contribution in [0.3, 0.4) is 0 Å². The van der Waals surface area contributed by atoms with Crippen molar-refractivity contribution < 1.29 is 9.59 Å². The monoisotopic (exact) mass is 285 g/mol. The zero-order chi connectivity index (χ0) is 15.2. The molecule has 5 nitrogen and oxygen atoms in total.